The van der Waals surface area contributed by atoms with Gasteiger partial charge in [0.15, 0.2) is 0 Å². The summed E-state index contributed by atoms with van der Waals surface area (Å²) in [6, 6.07) is 18.2. The highest BCUT2D eigenvalue weighted by molar-refractivity contribution is 6.08. The summed E-state index contributed by atoms with van der Waals surface area (Å²) in [4.78, 5) is 12.6. The van der Waals surface area contributed by atoms with Crippen LogP contribution in [0.25, 0.3) is 0 Å². The van der Waals surface area contributed by atoms with Crippen molar-refractivity contribution in [3.8, 4) is 5.75 Å². The molecule has 0 aliphatic carbocycles. The molecule has 7 heteroatoms. The van der Waals surface area contributed by atoms with Crippen molar-refractivity contribution < 1.29 is 22.7 Å². The highest BCUT2D eigenvalue weighted by atomic mass is 19.4. The average Bonchev–Trinajstić information content (AvgIpc) is 2.68. The lowest BCUT2D eigenvalue weighted by Crippen LogP contribution is -2.14. The number of para-hydroxylation sites is 1. The first-order valence-electron chi connectivity index (χ1n) is 8.35. The summed E-state index contributed by atoms with van der Waals surface area (Å²) in [6.07, 6.45) is -4.44. The summed E-state index contributed by atoms with van der Waals surface area (Å²) in [6.45, 7) is 0. The van der Waals surface area contributed by atoms with Crippen LogP contribution in [0.3, 0.4) is 0 Å². The van der Waals surface area contributed by atoms with Gasteiger partial charge in [0.25, 0.3) is 5.91 Å². The summed E-state index contributed by atoms with van der Waals surface area (Å²) in [5.41, 5.74) is 0.737. The second-order valence-electron chi connectivity index (χ2n) is 5.93. The van der Waals surface area contributed by atoms with Gasteiger partial charge in [-0.25, -0.2) is 0 Å². The third-order valence-corrected chi connectivity index (χ3v) is 3.99. The van der Waals surface area contributed by atoms with E-state index in [-0.39, 0.29) is 11.6 Å². The zero-order valence-electron chi connectivity index (χ0n) is 14.9. The number of hydrogen-bond acceptors (Lipinski definition) is 3. The minimum Gasteiger partial charge on any atom is -0.497 e. The lowest BCUT2D eigenvalue weighted by atomic mass is 10.1. The predicted molar refractivity (Wildman–Crippen MR) is 102 cm³/mol. The van der Waals surface area contributed by atoms with Gasteiger partial charge in [-0.05, 0) is 54.6 Å². The number of carbonyl (C=O) groups excluding carboxylic acids is 1. The van der Waals surface area contributed by atoms with Crippen molar-refractivity contribution in [1.29, 1.82) is 0 Å². The minimum absolute atomic E-state index is 0.236. The number of amides is 1. The second-order valence-corrected chi connectivity index (χ2v) is 5.93. The van der Waals surface area contributed by atoms with E-state index in [0.29, 0.717) is 22.7 Å². The normalized spacial score (nSPS) is 11.0. The molecule has 0 aliphatic rings. The predicted octanol–water partition coefficient (Wildman–Crippen LogP) is 5.71. The fourth-order valence-electron chi connectivity index (χ4n) is 2.59. The maximum Gasteiger partial charge on any atom is 0.416 e. The molecule has 0 spiro atoms. The van der Waals surface area contributed by atoms with E-state index in [9.17, 15) is 18.0 Å². The monoisotopic (exact) mass is 386 g/mol. The van der Waals surface area contributed by atoms with E-state index in [1.54, 1.807) is 55.6 Å². The van der Waals surface area contributed by atoms with Crippen molar-refractivity contribution in [3.05, 3.63) is 83.9 Å². The summed E-state index contributed by atoms with van der Waals surface area (Å²) >= 11 is 0. The lowest BCUT2D eigenvalue weighted by Gasteiger charge is -2.14. The van der Waals surface area contributed by atoms with E-state index < -0.39 is 11.7 Å². The van der Waals surface area contributed by atoms with E-state index in [0.717, 1.165) is 12.1 Å². The molecule has 0 saturated heterocycles. The molecule has 0 bridgehead atoms. The van der Waals surface area contributed by atoms with Gasteiger partial charge in [-0.2, -0.15) is 13.2 Å². The van der Waals surface area contributed by atoms with Crippen LogP contribution in [0.1, 0.15) is 15.9 Å². The molecule has 144 valence electrons. The molecule has 0 radical (unpaired) electrons. The molecule has 0 saturated carbocycles. The molecular weight excluding hydrogens is 369 g/mol. The van der Waals surface area contributed by atoms with Crippen LogP contribution in [0.2, 0.25) is 0 Å². The van der Waals surface area contributed by atoms with Gasteiger partial charge in [-0.1, -0.05) is 18.2 Å². The number of rotatable bonds is 5. The molecule has 1 amide bonds. The maximum atomic E-state index is 12.9. The topological polar surface area (TPSA) is 50.4 Å². The number of anilines is 3. The van der Waals surface area contributed by atoms with Crippen LogP contribution >= 0.6 is 0 Å². The Morgan fingerprint density at radius 1 is 0.893 bits per heavy atom. The number of ether oxygens (including phenoxy) is 1. The third-order valence-electron chi connectivity index (χ3n) is 3.99. The standard InChI is InChI=1S/C21H17F3N2O2/c1-28-17-11-9-15(10-12-17)26-20(27)18-7-2-3-8-19(18)25-16-6-4-5-14(13-16)21(22,23)24/h2-13,25H,1H3,(H,26,27). The number of methoxy groups -OCH3 is 1. The Bertz CT molecular complexity index is 970. The van der Waals surface area contributed by atoms with Gasteiger partial charge in [0.1, 0.15) is 5.75 Å². The third kappa shape index (κ3) is 4.62. The molecule has 0 atom stereocenters. The highest BCUT2D eigenvalue weighted by Gasteiger charge is 2.30. The van der Waals surface area contributed by atoms with Gasteiger partial charge in [0, 0.05) is 11.4 Å². The number of alkyl halides is 3. The smallest absolute Gasteiger partial charge is 0.416 e. The number of hydrogen-bond donors (Lipinski definition) is 2. The van der Waals surface area contributed by atoms with Gasteiger partial charge in [0.05, 0.1) is 23.9 Å². The van der Waals surface area contributed by atoms with Crippen LogP contribution in [0, 0.1) is 0 Å². The molecule has 3 rings (SSSR count). The number of halogens is 3. The first-order chi connectivity index (χ1) is 13.4. The van der Waals surface area contributed by atoms with Crippen LogP contribution < -0.4 is 15.4 Å². The summed E-state index contributed by atoms with van der Waals surface area (Å²) < 4.78 is 43.8. The lowest BCUT2D eigenvalue weighted by molar-refractivity contribution is -0.137. The van der Waals surface area contributed by atoms with E-state index in [4.69, 9.17) is 4.74 Å². The molecule has 0 heterocycles. The van der Waals surface area contributed by atoms with Crippen molar-refractivity contribution in [3.63, 3.8) is 0 Å². The largest absolute Gasteiger partial charge is 0.497 e. The Hall–Kier alpha value is -3.48. The number of nitrogens with one attached hydrogen (secondary N) is 2. The molecule has 2 N–H and O–H groups in total. The van der Waals surface area contributed by atoms with Crippen LogP contribution in [0.5, 0.6) is 5.75 Å². The summed E-state index contributed by atoms with van der Waals surface area (Å²) in [5, 5.41) is 5.65. The molecule has 3 aromatic rings. The Kier molecular flexibility index (Phi) is 5.54. The fraction of sp³-hybridized carbons (Fsp3) is 0.0952. The summed E-state index contributed by atoms with van der Waals surface area (Å²) in [7, 11) is 1.54. The van der Waals surface area contributed by atoms with Crippen LogP contribution in [-0.4, -0.2) is 13.0 Å². The average molecular weight is 386 g/mol. The molecule has 28 heavy (non-hydrogen) atoms. The van der Waals surface area contributed by atoms with E-state index in [2.05, 4.69) is 10.6 Å². The quantitative estimate of drug-likeness (QED) is 0.591. The van der Waals surface area contributed by atoms with Gasteiger partial charge < -0.3 is 15.4 Å². The van der Waals surface area contributed by atoms with Crippen molar-refractivity contribution in [2.75, 3.05) is 17.7 Å². The molecule has 0 unspecified atom stereocenters. The Morgan fingerprint density at radius 2 is 1.61 bits per heavy atom. The minimum atomic E-state index is -4.44. The van der Waals surface area contributed by atoms with E-state index in [1.807, 2.05) is 0 Å². The van der Waals surface area contributed by atoms with Gasteiger partial charge >= 0.3 is 6.18 Å². The van der Waals surface area contributed by atoms with Crippen LogP contribution in [0.15, 0.2) is 72.8 Å². The molecule has 3 aromatic carbocycles. The van der Waals surface area contributed by atoms with Crippen LogP contribution in [0.4, 0.5) is 30.2 Å². The van der Waals surface area contributed by atoms with E-state index >= 15 is 0 Å². The second kappa shape index (κ2) is 8.04. The summed E-state index contributed by atoms with van der Waals surface area (Å²) in [5.74, 6) is 0.268. The molecule has 4 nitrogen and oxygen atoms in total. The zero-order chi connectivity index (χ0) is 20.1. The van der Waals surface area contributed by atoms with Crippen LogP contribution in [-0.2, 0) is 6.18 Å². The molecule has 0 aromatic heterocycles. The SMILES string of the molecule is COc1ccc(NC(=O)c2ccccc2Nc2cccc(C(F)(F)F)c2)cc1. The van der Waals surface area contributed by atoms with Crippen molar-refractivity contribution >= 4 is 23.0 Å². The van der Waals surface area contributed by atoms with Gasteiger partial charge in [0.2, 0.25) is 0 Å². The first kappa shape index (κ1) is 19.3. The fourth-order valence-corrected chi connectivity index (χ4v) is 2.59. The molecule has 0 fully saturated rings. The Labute approximate surface area is 160 Å². The molecular formula is C21H17F3N2O2. The number of benzene rings is 3. The molecule has 0 aliphatic heterocycles. The zero-order valence-corrected chi connectivity index (χ0v) is 14.9. The van der Waals surface area contributed by atoms with Crippen molar-refractivity contribution in [1.82, 2.24) is 0 Å². The Balaban J connectivity index is 1.82. The number of carbonyl (C=O) groups is 1. The maximum absolute atomic E-state index is 12.9. The van der Waals surface area contributed by atoms with Crippen molar-refractivity contribution in [2.24, 2.45) is 0 Å². The first-order valence-corrected chi connectivity index (χ1v) is 8.35. The van der Waals surface area contributed by atoms with Gasteiger partial charge in [-0.15, -0.1) is 0 Å². The van der Waals surface area contributed by atoms with E-state index in [1.165, 1.54) is 12.1 Å². The highest BCUT2D eigenvalue weighted by Crippen LogP contribution is 2.32. The van der Waals surface area contributed by atoms with Gasteiger partial charge in [-0.3, -0.25) is 4.79 Å². The Morgan fingerprint density at radius 3 is 2.29 bits per heavy atom. The van der Waals surface area contributed by atoms with Crippen molar-refractivity contribution in [2.45, 2.75) is 6.18 Å².